The van der Waals surface area contributed by atoms with Crippen LogP contribution in [0.5, 0.6) is 0 Å². The molecule has 0 bridgehead atoms. The lowest BCUT2D eigenvalue weighted by Crippen LogP contribution is -2.48. The maximum absolute atomic E-state index is 12.1. The number of rotatable bonds is 6. The second kappa shape index (κ2) is 6.32. The van der Waals surface area contributed by atoms with E-state index in [1.165, 1.54) is 4.90 Å². The number of ether oxygens (including phenoxy) is 1. The van der Waals surface area contributed by atoms with Gasteiger partial charge in [0.25, 0.3) is 0 Å². The summed E-state index contributed by atoms with van der Waals surface area (Å²) >= 11 is 0. The Labute approximate surface area is 96.0 Å². The van der Waals surface area contributed by atoms with E-state index in [1.54, 1.807) is 21.1 Å². The van der Waals surface area contributed by atoms with E-state index in [2.05, 4.69) is 5.16 Å². The molecule has 0 rings (SSSR count). The molecule has 1 unspecified atom stereocenters. The van der Waals surface area contributed by atoms with Gasteiger partial charge in [0.15, 0.2) is 5.84 Å². The highest BCUT2D eigenvalue weighted by Crippen LogP contribution is 2.23. The molecule has 94 valence electrons. The Morgan fingerprint density at radius 1 is 1.62 bits per heavy atom. The number of likely N-dealkylation sites (N-methyl/N-ethyl adjacent to an activating group) is 1. The van der Waals surface area contributed by atoms with Crippen molar-refractivity contribution in [3.8, 4) is 0 Å². The van der Waals surface area contributed by atoms with Gasteiger partial charge in [-0.05, 0) is 13.3 Å². The molecule has 0 fully saturated rings. The highest BCUT2D eigenvalue weighted by atomic mass is 16.5. The Hall–Kier alpha value is -1.30. The summed E-state index contributed by atoms with van der Waals surface area (Å²) in [5, 5.41) is 11.6. The zero-order valence-corrected chi connectivity index (χ0v) is 10.4. The largest absolute Gasteiger partial charge is 0.409 e. The molecule has 0 radical (unpaired) electrons. The summed E-state index contributed by atoms with van der Waals surface area (Å²) in [4.78, 5) is 13.6. The topological polar surface area (TPSA) is 88.2 Å². The highest BCUT2D eigenvalue weighted by molar-refractivity contribution is 6.06. The van der Waals surface area contributed by atoms with Gasteiger partial charge in [0.1, 0.15) is 5.41 Å². The predicted octanol–water partition coefficient (Wildman–Crippen LogP) is 0.254. The summed E-state index contributed by atoms with van der Waals surface area (Å²) in [6.45, 7) is 4.41. The molecule has 0 spiro atoms. The van der Waals surface area contributed by atoms with Crippen LogP contribution < -0.4 is 5.73 Å². The molecule has 0 aromatic rings. The summed E-state index contributed by atoms with van der Waals surface area (Å²) in [6.07, 6.45) is 0.471. The average Bonchev–Trinajstić information content (AvgIpc) is 2.32. The smallest absolute Gasteiger partial charge is 0.236 e. The normalized spacial score (nSPS) is 15.6. The first-order valence-electron chi connectivity index (χ1n) is 5.16. The molecule has 1 atom stereocenters. The first kappa shape index (κ1) is 14.7. The summed E-state index contributed by atoms with van der Waals surface area (Å²) < 4.78 is 4.89. The van der Waals surface area contributed by atoms with Gasteiger partial charge in [0.05, 0.1) is 6.61 Å². The quantitative estimate of drug-likeness (QED) is 0.297. The Morgan fingerprint density at radius 3 is 2.56 bits per heavy atom. The lowest BCUT2D eigenvalue weighted by Gasteiger charge is -2.30. The first-order valence-corrected chi connectivity index (χ1v) is 5.16. The van der Waals surface area contributed by atoms with Gasteiger partial charge < -0.3 is 20.6 Å². The molecule has 6 nitrogen and oxygen atoms in total. The lowest BCUT2D eigenvalue weighted by atomic mass is 9.84. The second-order valence-corrected chi connectivity index (χ2v) is 3.89. The van der Waals surface area contributed by atoms with E-state index in [4.69, 9.17) is 15.7 Å². The molecular formula is C10H21N3O3. The van der Waals surface area contributed by atoms with Gasteiger partial charge in [-0.15, -0.1) is 0 Å². The van der Waals surface area contributed by atoms with Crippen LogP contribution in [-0.4, -0.2) is 49.2 Å². The Bertz CT molecular complexity index is 268. The minimum absolute atomic E-state index is 0.0655. The Balaban J connectivity index is 4.77. The number of hydrogen-bond donors (Lipinski definition) is 2. The van der Waals surface area contributed by atoms with Crippen molar-refractivity contribution in [1.82, 2.24) is 4.90 Å². The summed E-state index contributed by atoms with van der Waals surface area (Å²) in [7, 11) is 3.24. The van der Waals surface area contributed by atoms with Crippen LogP contribution in [0.15, 0.2) is 5.16 Å². The van der Waals surface area contributed by atoms with Crippen LogP contribution in [0.25, 0.3) is 0 Å². The number of methoxy groups -OCH3 is 1. The Morgan fingerprint density at radius 2 is 2.19 bits per heavy atom. The third-order valence-corrected chi connectivity index (χ3v) is 2.83. The van der Waals surface area contributed by atoms with Crippen LogP contribution >= 0.6 is 0 Å². The van der Waals surface area contributed by atoms with E-state index in [-0.39, 0.29) is 11.7 Å². The molecule has 0 heterocycles. The standard InChI is InChI=1S/C10H21N3O3/c1-5-10(2,8(11)12-15)9(14)13(3)6-7-16-4/h15H,5-7H2,1-4H3,(H2,11,12). The van der Waals surface area contributed by atoms with Gasteiger partial charge in [-0.3, -0.25) is 4.79 Å². The van der Waals surface area contributed by atoms with Gasteiger partial charge in [-0.1, -0.05) is 12.1 Å². The number of nitrogens with zero attached hydrogens (tertiary/aromatic N) is 2. The molecule has 6 heteroatoms. The lowest BCUT2D eigenvalue weighted by molar-refractivity contribution is -0.137. The van der Waals surface area contributed by atoms with Gasteiger partial charge in [-0.25, -0.2) is 0 Å². The van der Waals surface area contributed by atoms with Crippen molar-refractivity contribution < 1.29 is 14.7 Å². The number of nitrogens with two attached hydrogens (primary N) is 1. The van der Waals surface area contributed by atoms with Crippen molar-refractivity contribution in [2.75, 3.05) is 27.3 Å². The fraction of sp³-hybridized carbons (Fsp3) is 0.800. The van der Waals surface area contributed by atoms with Gasteiger partial charge in [0, 0.05) is 20.7 Å². The van der Waals surface area contributed by atoms with Crippen LogP contribution in [-0.2, 0) is 9.53 Å². The number of amides is 1. The van der Waals surface area contributed by atoms with Crippen LogP contribution in [0.3, 0.4) is 0 Å². The predicted molar refractivity (Wildman–Crippen MR) is 61.3 cm³/mol. The second-order valence-electron chi connectivity index (χ2n) is 3.89. The fourth-order valence-corrected chi connectivity index (χ4v) is 1.30. The van der Waals surface area contributed by atoms with E-state index in [1.807, 2.05) is 6.92 Å². The monoisotopic (exact) mass is 231 g/mol. The van der Waals surface area contributed by atoms with E-state index in [0.717, 1.165) is 0 Å². The highest BCUT2D eigenvalue weighted by Gasteiger charge is 2.38. The zero-order chi connectivity index (χ0) is 12.8. The van der Waals surface area contributed by atoms with Crippen LogP contribution in [0.1, 0.15) is 20.3 Å². The van der Waals surface area contributed by atoms with Gasteiger partial charge >= 0.3 is 0 Å². The fourth-order valence-electron chi connectivity index (χ4n) is 1.30. The molecule has 0 aliphatic rings. The molecule has 0 saturated carbocycles. The number of carbonyl (C=O) groups excluding carboxylic acids is 1. The van der Waals surface area contributed by atoms with Crippen molar-refractivity contribution in [2.24, 2.45) is 16.3 Å². The molecule has 3 N–H and O–H groups in total. The van der Waals surface area contributed by atoms with Crippen LogP contribution in [0, 0.1) is 5.41 Å². The van der Waals surface area contributed by atoms with E-state index in [9.17, 15) is 4.79 Å². The summed E-state index contributed by atoms with van der Waals surface area (Å²) in [5.41, 5.74) is 4.59. The van der Waals surface area contributed by atoms with E-state index >= 15 is 0 Å². The van der Waals surface area contributed by atoms with E-state index in [0.29, 0.717) is 19.6 Å². The van der Waals surface area contributed by atoms with Crippen molar-refractivity contribution in [1.29, 1.82) is 0 Å². The molecule has 1 amide bonds. The molecule has 0 aromatic heterocycles. The minimum Gasteiger partial charge on any atom is -0.409 e. The summed E-state index contributed by atoms with van der Waals surface area (Å²) in [6, 6.07) is 0. The number of amidine groups is 1. The van der Waals surface area contributed by atoms with Gasteiger partial charge in [0.2, 0.25) is 5.91 Å². The number of oxime groups is 1. The number of hydrogen-bond acceptors (Lipinski definition) is 4. The molecular weight excluding hydrogens is 210 g/mol. The maximum atomic E-state index is 12.1. The van der Waals surface area contributed by atoms with Crippen molar-refractivity contribution in [2.45, 2.75) is 20.3 Å². The third-order valence-electron chi connectivity index (χ3n) is 2.83. The van der Waals surface area contributed by atoms with Crippen molar-refractivity contribution in [3.05, 3.63) is 0 Å². The third kappa shape index (κ3) is 3.10. The van der Waals surface area contributed by atoms with Gasteiger partial charge in [-0.2, -0.15) is 0 Å². The molecule has 0 saturated heterocycles. The number of carbonyl (C=O) groups is 1. The van der Waals surface area contributed by atoms with Crippen LogP contribution in [0.2, 0.25) is 0 Å². The van der Waals surface area contributed by atoms with Crippen molar-refractivity contribution in [3.63, 3.8) is 0 Å². The zero-order valence-electron chi connectivity index (χ0n) is 10.4. The minimum atomic E-state index is -0.961. The summed E-state index contributed by atoms with van der Waals surface area (Å²) in [5.74, 6) is -0.244. The molecule has 0 aliphatic carbocycles. The molecule has 0 aromatic carbocycles. The average molecular weight is 231 g/mol. The van der Waals surface area contributed by atoms with Crippen molar-refractivity contribution >= 4 is 11.7 Å². The SMILES string of the molecule is CCC(C)(C(=O)N(C)CCOC)C(N)=NO. The Kier molecular flexibility index (Phi) is 5.81. The molecule has 16 heavy (non-hydrogen) atoms. The first-order chi connectivity index (χ1) is 7.43. The van der Waals surface area contributed by atoms with E-state index < -0.39 is 5.41 Å². The van der Waals surface area contributed by atoms with Crippen LogP contribution in [0.4, 0.5) is 0 Å². The maximum Gasteiger partial charge on any atom is 0.236 e. The molecule has 0 aliphatic heterocycles.